The van der Waals surface area contributed by atoms with E-state index >= 15 is 0 Å². The third kappa shape index (κ3) is 30.1. The van der Waals surface area contributed by atoms with E-state index in [2.05, 4.69) is 79.0 Å². The van der Waals surface area contributed by atoms with Crippen LogP contribution in [0.5, 0.6) is 0 Å². The van der Waals surface area contributed by atoms with Crippen molar-refractivity contribution in [2.75, 3.05) is 19.8 Å². The highest BCUT2D eigenvalue weighted by molar-refractivity contribution is 5.71. The monoisotopic (exact) mass is 799 g/mol. The van der Waals surface area contributed by atoms with E-state index in [9.17, 15) is 24.3 Å². The van der Waals surface area contributed by atoms with E-state index < -0.39 is 29.1 Å². The van der Waals surface area contributed by atoms with Crippen LogP contribution in [0.4, 0.5) is 0 Å². The van der Waals surface area contributed by atoms with E-state index in [1.165, 1.54) is 22.3 Å². The summed E-state index contributed by atoms with van der Waals surface area (Å²) in [5, 5.41) is 9.69. The first-order chi connectivity index (χ1) is 27.0. The summed E-state index contributed by atoms with van der Waals surface area (Å²) >= 11 is 0. The maximum absolute atomic E-state index is 12.5. The van der Waals surface area contributed by atoms with Crippen LogP contribution in [0.1, 0.15) is 171 Å². The second-order valence-electron chi connectivity index (χ2n) is 16.3. The number of aliphatic hydroxyl groups is 1. The molecule has 0 aliphatic carbocycles. The van der Waals surface area contributed by atoms with Crippen LogP contribution in [0.25, 0.3) is 0 Å². The lowest BCUT2D eigenvalue weighted by atomic mass is 9.98. The number of rotatable bonds is 33. The molecule has 0 saturated carbocycles. The third-order valence-electron chi connectivity index (χ3n) is 9.75. The van der Waals surface area contributed by atoms with E-state index in [4.69, 9.17) is 18.9 Å². The summed E-state index contributed by atoms with van der Waals surface area (Å²) in [6.45, 7) is 23.7. The minimum absolute atomic E-state index is 0.0584. The molecule has 0 aliphatic rings. The van der Waals surface area contributed by atoms with Crippen molar-refractivity contribution < 1.29 is 43.2 Å². The summed E-state index contributed by atoms with van der Waals surface area (Å²) in [5.74, 6) is -1.91. The lowest BCUT2D eigenvalue weighted by molar-refractivity contribution is -0.155. The Morgan fingerprint density at radius 3 is 1.19 bits per heavy atom. The van der Waals surface area contributed by atoms with Gasteiger partial charge in [-0.2, -0.15) is 0 Å². The molecule has 0 heterocycles. The Balaban J connectivity index is 4.23. The highest BCUT2D eigenvalue weighted by atomic mass is 16.6. The van der Waals surface area contributed by atoms with Crippen LogP contribution in [0.2, 0.25) is 0 Å². The van der Waals surface area contributed by atoms with Crippen LogP contribution < -0.4 is 0 Å². The number of ether oxygens (including phenoxy) is 4. The van der Waals surface area contributed by atoms with Gasteiger partial charge < -0.3 is 24.1 Å². The fourth-order valence-electron chi connectivity index (χ4n) is 5.75. The smallest absolute Gasteiger partial charge is 0.306 e. The first kappa shape index (κ1) is 53.3. The maximum Gasteiger partial charge on any atom is 0.306 e. The topological polar surface area (TPSA) is 125 Å². The number of allylic oxidation sites excluding steroid dienone is 8. The SMILES string of the molecule is C=CC(C)(CCC=C(C)CCC=C(C)C)OC(=O)CCCCCC(=O)OCC(CO)COC(=O)CCCCCC(=O)OC(C)(C=C)CCC=C(C)CCC=C(C)C. The fourth-order valence-corrected chi connectivity index (χ4v) is 5.75. The molecule has 0 aromatic heterocycles. The van der Waals surface area contributed by atoms with Gasteiger partial charge in [-0.05, 0) is 145 Å². The van der Waals surface area contributed by atoms with Gasteiger partial charge in [0.25, 0.3) is 0 Å². The molecule has 9 heteroatoms. The zero-order valence-electron chi connectivity index (χ0n) is 37.0. The summed E-state index contributed by atoms with van der Waals surface area (Å²) in [7, 11) is 0. The van der Waals surface area contributed by atoms with Gasteiger partial charge in [-0.3, -0.25) is 19.2 Å². The zero-order valence-corrected chi connectivity index (χ0v) is 37.0. The maximum atomic E-state index is 12.5. The number of unbranched alkanes of at least 4 members (excludes halogenated alkanes) is 4. The Hall–Kier alpha value is -3.72. The van der Waals surface area contributed by atoms with Crippen LogP contribution in [0.3, 0.4) is 0 Å². The van der Waals surface area contributed by atoms with Gasteiger partial charge >= 0.3 is 23.9 Å². The normalized spacial score (nSPS) is 14.3. The Morgan fingerprint density at radius 1 is 0.526 bits per heavy atom. The first-order valence-corrected chi connectivity index (χ1v) is 21.2. The first-order valence-electron chi connectivity index (χ1n) is 21.2. The summed E-state index contributed by atoms with van der Waals surface area (Å²) < 4.78 is 22.1. The van der Waals surface area contributed by atoms with Gasteiger partial charge in [-0.25, -0.2) is 0 Å². The van der Waals surface area contributed by atoms with Crippen molar-refractivity contribution in [2.24, 2.45) is 5.92 Å². The summed E-state index contributed by atoms with van der Waals surface area (Å²) in [4.78, 5) is 49.5. The van der Waals surface area contributed by atoms with Crippen molar-refractivity contribution in [3.8, 4) is 0 Å². The second-order valence-corrected chi connectivity index (χ2v) is 16.3. The summed E-state index contributed by atoms with van der Waals surface area (Å²) in [6, 6.07) is 0. The van der Waals surface area contributed by atoms with E-state index in [1.807, 2.05) is 13.8 Å². The Morgan fingerprint density at radius 2 is 0.877 bits per heavy atom. The lowest BCUT2D eigenvalue weighted by Gasteiger charge is -2.25. The third-order valence-corrected chi connectivity index (χ3v) is 9.75. The van der Waals surface area contributed by atoms with Crippen LogP contribution in [0, 0.1) is 5.92 Å². The highest BCUT2D eigenvalue weighted by Gasteiger charge is 2.25. The zero-order chi connectivity index (χ0) is 43.1. The van der Waals surface area contributed by atoms with E-state index in [1.54, 1.807) is 12.2 Å². The largest absolute Gasteiger partial charge is 0.465 e. The van der Waals surface area contributed by atoms with Gasteiger partial charge in [-0.15, -0.1) is 0 Å². The van der Waals surface area contributed by atoms with Gasteiger partial charge in [0.15, 0.2) is 0 Å². The van der Waals surface area contributed by atoms with Crippen molar-refractivity contribution in [3.63, 3.8) is 0 Å². The number of esters is 4. The summed E-state index contributed by atoms with van der Waals surface area (Å²) in [5.41, 5.74) is 3.81. The van der Waals surface area contributed by atoms with E-state index in [-0.39, 0.29) is 57.4 Å². The van der Waals surface area contributed by atoms with Crippen molar-refractivity contribution >= 4 is 23.9 Å². The molecule has 0 rings (SSSR count). The van der Waals surface area contributed by atoms with E-state index in [0.29, 0.717) is 51.4 Å². The predicted molar refractivity (Wildman–Crippen MR) is 231 cm³/mol. The van der Waals surface area contributed by atoms with E-state index in [0.717, 1.165) is 38.5 Å². The van der Waals surface area contributed by atoms with Gasteiger partial charge in [0.1, 0.15) is 11.2 Å². The van der Waals surface area contributed by atoms with Crippen LogP contribution >= 0.6 is 0 Å². The van der Waals surface area contributed by atoms with Gasteiger partial charge in [0.05, 0.1) is 25.7 Å². The molecule has 0 amide bonds. The molecule has 324 valence electrons. The number of hydrogen-bond acceptors (Lipinski definition) is 9. The number of carbonyl (C=O) groups is 4. The minimum atomic E-state index is -0.732. The molecule has 0 bridgehead atoms. The van der Waals surface area contributed by atoms with Crippen molar-refractivity contribution in [2.45, 2.75) is 182 Å². The molecule has 2 unspecified atom stereocenters. The molecule has 9 nitrogen and oxygen atoms in total. The number of carbonyl (C=O) groups excluding carboxylic acids is 4. The molecule has 0 saturated heterocycles. The van der Waals surface area contributed by atoms with Gasteiger partial charge in [-0.1, -0.05) is 72.6 Å². The Bertz CT molecular complexity index is 1250. The predicted octanol–water partition coefficient (Wildman–Crippen LogP) is 11.5. The van der Waals surface area contributed by atoms with Crippen molar-refractivity contribution in [1.29, 1.82) is 0 Å². The molecule has 0 aliphatic heterocycles. The van der Waals surface area contributed by atoms with Crippen LogP contribution in [-0.2, 0) is 38.1 Å². The van der Waals surface area contributed by atoms with Crippen molar-refractivity contribution in [1.82, 2.24) is 0 Å². The molecular formula is C48H78O9. The number of aliphatic hydroxyl groups excluding tert-OH is 1. The molecule has 0 spiro atoms. The Labute approximate surface area is 346 Å². The fraction of sp³-hybridized carbons (Fsp3) is 0.667. The quantitative estimate of drug-likeness (QED) is 0.0299. The molecule has 57 heavy (non-hydrogen) atoms. The number of hydrogen-bond donors (Lipinski definition) is 1. The molecule has 0 aromatic rings. The molecule has 2 atom stereocenters. The average molecular weight is 799 g/mol. The van der Waals surface area contributed by atoms with Crippen LogP contribution in [0.15, 0.2) is 71.9 Å². The van der Waals surface area contributed by atoms with Crippen molar-refractivity contribution in [3.05, 3.63) is 71.9 Å². The average Bonchev–Trinajstić information content (AvgIpc) is 3.14. The second kappa shape index (κ2) is 31.3. The van der Waals surface area contributed by atoms with Crippen LogP contribution in [-0.4, -0.2) is 60.0 Å². The summed E-state index contributed by atoms with van der Waals surface area (Å²) in [6.07, 6.45) is 23.7. The minimum Gasteiger partial charge on any atom is -0.465 e. The molecule has 0 radical (unpaired) electrons. The van der Waals surface area contributed by atoms with Gasteiger partial charge in [0, 0.05) is 25.7 Å². The molecule has 0 aromatic carbocycles. The molecule has 0 fully saturated rings. The molecule has 1 N–H and O–H groups in total. The lowest BCUT2D eigenvalue weighted by Crippen LogP contribution is -2.29. The Kier molecular flexibility index (Phi) is 29.3. The molecular weight excluding hydrogens is 721 g/mol. The standard InChI is InChI=1S/C48H78O9/c1-11-47(9,33-21-27-40(7)25-19-23-38(3)4)56-45(52)31-17-13-15-29-43(50)54-36-42(35-49)37-55-44(51)30-16-14-18-32-46(53)57-48(10,12-2)34-22-28-41(8)26-20-24-39(5)6/h11-12,23-24,27-28,42,49H,1-2,13-22,25-26,29-37H2,3-10H3. The van der Waals surface area contributed by atoms with Gasteiger partial charge in [0.2, 0.25) is 0 Å². The highest BCUT2D eigenvalue weighted by Crippen LogP contribution is 2.24.